The second-order valence-electron chi connectivity index (χ2n) is 7.46. The predicted octanol–water partition coefficient (Wildman–Crippen LogP) is 4.69. The second-order valence-corrected chi connectivity index (χ2v) is 10.4. The highest BCUT2D eigenvalue weighted by atomic mass is 127. The van der Waals surface area contributed by atoms with Crippen LogP contribution in [0.15, 0.2) is 36.4 Å². The third-order valence-corrected chi connectivity index (χ3v) is 8.92. The van der Waals surface area contributed by atoms with Crippen molar-refractivity contribution in [1.82, 2.24) is 0 Å². The number of aliphatic hydroxyl groups is 2. The molecule has 0 saturated carbocycles. The van der Waals surface area contributed by atoms with Crippen LogP contribution in [0.1, 0.15) is 41.4 Å². The fourth-order valence-corrected chi connectivity index (χ4v) is 6.45. The first-order chi connectivity index (χ1) is 13.8. The van der Waals surface area contributed by atoms with Crippen molar-refractivity contribution in [2.24, 2.45) is 0 Å². The van der Waals surface area contributed by atoms with Gasteiger partial charge in [0, 0.05) is 16.1 Å². The lowest BCUT2D eigenvalue weighted by Gasteiger charge is -2.39. The van der Waals surface area contributed by atoms with E-state index < -0.39 is 12.2 Å². The number of aryl methyl sites for hydroxylation is 1. The van der Waals surface area contributed by atoms with Crippen molar-refractivity contribution in [2.45, 2.75) is 53.8 Å². The molecule has 0 aromatic heterocycles. The van der Waals surface area contributed by atoms with Crippen molar-refractivity contribution in [3.8, 4) is 11.5 Å². The maximum atomic E-state index is 10.5. The third kappa shape index (κ3) is 5.03. The number of ether oxygens (including phenoxy) is 2. The summed E-state index contributed by atoms with van der Waals surface area (Å²) in [6.45, 7) is 6.72. The molecule has 1 heterocycles. The van der Waals surface area contributed by atoms with E-state index in [-0.39, 0.29) is 14.4 Å². The fourth-order valence-electron chi connectivity index (χ4n) is 3.70. The summed E-state index contributed by atoms with van der Waals surface area (Å²) in [7, 11) is 1.69. The Morgan fingerprint density at radius 1 is 1.10 bits per heavy atom. The minimum Gasteiger partial charge on any atom is -0.496 e. The van der Waals surface area contributed by atoms with Crippen molar-refractivity contribution in [3.05, 3.63) is 58.7 Å². The molecule has 6 heteroatoms. The molecule has 5 atom stereocenters. The monoisotopic (exact) mass is 528 g/mol. The van der Waals surface area contributed by atoms with Gasteiger partial charge in [0.05, 0.1) is 29.8 Å². The van der Waals surface area contributed by atoms with Gasteiger partial charge >= 0.3 is 0 Å². The molecule has 0 aliphatic carbocycles. The standard InChI is InChI=1S/C23H29IO4S/c1-5-28-17-8-6-15(7-9-17)11-16-12-18(19(27-4)10-13(16)2)23-20(24)22(26)21(25)14(3)29-23/h6-10,12,14,20-23,25-26H,5,11H2,1-4H3. The van der Waals surface area contributed by atoms with E-state index in [0.29, 0.717) is 6.61 Å². The van der Waals surface area contributed by atoms with Crippen LogP contribution in [0.25, 0.3) is 0 Å². The minimum absolute atomic E-state index is 0.0402. The van der Waals surface area contributed by atoms with Gasteiger partial charge in [-0.2, -0.15) is 0 Å². The van der Waals surface area contributed by atoms with Gasteiger partial charge in [0.15, 0.2) is 0 Å². The van der Waals surface area contributed by atoms with Crippen LogP contribution in [0.5, 0.6) is 11.5 Å². The number of alkyl halides is 1. The maximum absolute atomic E-state index is 10.5. The Labute approximate surface area is 191 Å². The summed E-state index contributed by atoms with van der Waals surface area (Å²) < 4.78 is 11.1. The fraction of sp³-hybridized carbons (Fsp3) is 0.478. The number of thioether (sulfide) groups is 1. The first-order valence-electron chi connectivity index (χ1n) is 9.90. The molecule has 1 aliphatic heterocycles. The molecule has 0 bridgehead atoms. The Morgan fingerprint density at radius 3 is 2.41 bits per heavy atom. The number of benzene rings is 2. The zero-order chi connectivity index (χ0) is 21.1. The predicted molar refractivity (Wildman–Crippen MR) is 128 cm³/mol. The Bertz CT molecular complexity index is 826. The van der Waals surface area contributed by atoms with Gasteiger partial charge in [-0.15, -0.1) is 11.8 Å². The molecule has 1 fully saturated rings. The minimum atomic E-state index is -0.752. The smallest absolute Gasteiger partial charge is 0.123 e. The number of aliphatic hydroxyl groups excluding tert-OH is 2. The average molecular weight is 528 g/mol. The van der Waals surface area contributed by atoms with E-state index in [9.17, 15) is 10.2 Å². The van der Waals surface area contributed by atoms with Crippen LogP contribution in [-0.4, -0.2) is 45.3 Å². The average Bonchev–Trinajstić information content (AvgIpc) is 2.72. The SMILES string of the molecule is CCOc1ccc(Cc2cc(C3SC(C)C(O)C(O)C3I)c(OC)cc2C)cc1. The maximum Gasteiger partial charge on any atom is 0.123 e. The van der Waals surface area contributed by atoms with Gasteiger partial charge in [-0.1, -0.05) is 47.7 Å². The van der Waals surface area contributed by atoms with E-state index in [1.807, 2.05) is 26.0 Å². The van der Waals surface area contributed by atoms with E-state index >= 15 is 0 Å². The van der Waals surface area contributed by atoms with Gasteiger partial charge in [0.2, 0.25) is 0 Å². The molecule has 4 nitrogen and oxygen atoms in total. The van der Waals surface area contributed by atoms with E-state index in [2.05, 4.69) is 53.8 Å². The number of rotatable bonds is 6. The zero-order valence-electron chi connectivity index (χ0n) is 17.3. The quantitative estimate of drug-likeness (QED) is 0.421. The molecular formula is C23H29IO4S. The van der Waals surface area contributed by atoms with Gasteiger partial charge in [0.1, 0.15) is 11.5 Å². The van der Waals surface area contributed by atoms with Gasteiger partial charge in [-0.25, -0.2) is 0 Å². The normalized spacial score (nSPS) is 26.9. The van der Waals surface area contributed by atoms with E-state index in [1.54, 1.807) is 18.9 Å². The molecule has 0 radical (unpaired) electrons. The zero-order valence-corrected chi connectivity index (χ0v) is 20.2. The Kier molecular flexibility index (Phi) is 7.75. The molecule has 158 valence electrons. The molecule has 1 saturated heterocycles. The lowest BCUT2D eigenvalue weighted by Crippen LogP contribution is -2.46. The van der Waals surface area contributed by atoms with Crippen LogP contribution in [0.3, 0.4) is 0 Å². The van der Waals surface area contributed by atoms with Crippen molar-refractivity contribution >= 4 is 34.4 Å². The first-order valence-corrected chi connectivity index (χ1v) is 12.1. The summed E-state index contributed by atoms with van der Waals surface area (Å²) in [5, 5.41) is 20.8. The molecule has 2 aromatic carbocycles. The Hall–Kier alpha value is -0.960. The van der Waals surface area contributed by atoms with E-state index in [4.69, 9.17) is 9.47 Å². The highest BCUT2D eigenvalue weighted by molar-refractivity contribution is 14.1. The molecule has 0 amide bonds. The summed E-state index contributed by atoms with van der Waals surface area (Å²) in [5.74, 6) is 1.73. The summed E-state index contributed by atoms with van der Waals surface area (Å²) in [4.78, 5) is 0. The second kappa shape index (κ2) is 9.90. The molecule has 2 aromatic rings. The van der Waals surface area contributed by atoms with Crippen LogP contribution in [0.4, 0.5) is 0 Å². The molecule has 0 spiro atoms. The number of hydrogen-bond acceptors (Lipinski definition) is 5. The van der Waals surface area contributed by atoms with Gasteiger partial charge in [-0.3, -0.25) is 0 Å². The summed E-state index contributed by atoms with van der Waals surface area (Å²) >= 11 is 3.96. The van der Waals surface area contributed by atoms with Crippen molar-refractivity contribution in [2.75, 3.05) is 13.7 Å². The lowest BCUT2D eigenvalue weighted by molar-refractivity contribution is 0.0176. The molecule has 1 aliphatic rings. The topological polar surface area (TPSA) is 58.9 Å². The molecule has 2 N–H and O–H groups in total. The van der Waals surface area contributed by atoms with Gasteiger partial charge in [-0.05, 0) is 55.2 Å². The van der Waals surface area contributed by atoms with E-state index in [0.717, 1.165) is 23.5 Å². The summed E-state index contributed by atoms with van der Waals surface area (Å²) in [6.07, 6.45) is -0.644. The summed E-state index contributed by atoms with van der Waals surface area (Å²) in [5.41, 5.74) is 4.72. The number of hydrogen-bond donors (Lipinski definition) is 2. The van der Waals surface area contributed by atoms with Crippen molar-refractivity contribution < 1.29 is 19.7 Å². The highest BCUT2D eigenvalue weighted by Gasteiger charge is 2.42. The van der Waals surface area contributed by atoms with Crippen molar-refractivity contribution in [3.63, 3.8) is 0 Å². The van der Waals surface area contributed by atoms with Crippen LogP contribution >= 0.6 is 34.4 Å². The van der Waals surface area contributed by atoms with E-state index in [1.165, 1.54) is 16.7 Å². The number of halogens is 1. The summed E-state index contributed by atoms with van der Waals surface area (Å²) in [6, 6.07) is 12.5. The Balaban J connectivity index is 1.92. The van der Waals surface area contributed by atoms with Crippen molar-refractivity contribution in [1.29, 1.82) is 0 Å². The number of methoxy groups -OCH3 is 1. The molecular weight excluding hydrogens is 499 g/mol. The lowest BCUT2D eigenvalue weighted by atomic mass is 9.93. The molecule has 3 rings (SSSR count). The van der Waals surface area contributed by atoms with Gasteiger partial charge < -0.3 is 19.7 Å². The largest absolute Gasteiger partial charge is 0.496 e. The van der Waals surface area contributed by atoms with Crippen LogP contribution in [0.2, 0.25) is 0 Å². The molecule has 5 unspecified atom stereocenters. The first kappa shape index (κ1) is 22.7. The Morgan fingerprint density at radius 2 is 1.79 bits per heavy atom. The van der Waals surface area contributed by atoms with Crippen LogP contribution in [0, 0.1) is 6.92 Å². The van der Waals surface area contributed by atoms with Crippen LogP contribution < -0.4 is 9.47 Å². The van der Waals surface area contributed by atoms with Gasteiger partial charge in [0.25, 0.3) is 0 Å². The van der Waals surface area contributed by atoms with Crippen LogP contribution in [-0.2, 0) is 6.42 Å². The molecule has 29 heavy (non-hydrogen) atoms. The highest BCUT2D eigenvalue weighted by Crippen LogP contribution is 2.49. The third-order valence-electron chi connectivity index (χ3n) is 5.43.